The van der Waals surface area contributed by atoms with Crippen molar-refractivity contribution in [3.8, 4) is 5.75 Å². The third-order valence-electron chi connectivity index (χ3n) is 4.12. The van der Waals surface area contributed by atoms with Gasteiger partial charge in [0.05, 0.1) is 5.02 Å². The molecule has 2 N–H and O–H groups in total. The molecular weight excluding hydrogens is 347 g/mol. The Labute approximate surface area is 151 Å². The lowest BCUT2D eigenvalue weighted by atomic mass is 9.99. The molecule has 1 unspecified atom stereocenters. The normalized spacial score (nSPS) is 14.9. The molecule has 1 heterocycles. The van der Waals surface area contributed by atoms with E-state index in [9.17, 15) is 4.79 Å². The number of hydrogen-bond acceptors (Lipinski definition) is 3. The van der Waals surface area contributed by atoms with Crippen LogP contribution >= 0.6 is 23.2 Å². The van der Waals surface area contributed by atoms with Crippen LogP contribution < -0.4 is 15.4 Å². The van der Waals surface area contributed by atoms with Crippen LogP contribution in [0, 0.1) is 0 Å². The highest BCUT2D eigenvalue weighted by Crippen LogP contribution is 2.34. The molecule has 6 heteroatoms. The first-order valence-corrected chi connectivity index (χ1v) is 8.54. The lowest BCUT2D eigenvalue weighted by Gasteiger charge is -2.32. The van der Waals surface area contributed by atoms with Gasteiger partial charge in [0.25, 0.3) is 5.91 Å². The number of halogens is 2. The molecule has 0 bridgehead atoms. The van der Waals surface area contributed by atoms with Gasteiger partial charge in [-0.1, -0.05) is 35.3 Å². The summed E-state index contributed by atoms with van der Waals surface area (Å²) in [7, 11) is 0. The Morgan fingerprint density at radius 1 is 1.25 bits per heavy atom. The quantitative estimate of drug-likeness (QED) is 0.824. The van der Waals surface area contributed by atoms with E-state index in [-0.39, 0.29) is 5.91 Å². The van der Waals surface area contributed by atoms with Gasteiger partial charge in [-0.15, -0.1) is 0 Å². The van der Waals surface area contributed by atoms with Gasteiger partial charge in [-0.3, -0.25) is 4.79 Å². The Morgan fingerprint density at radius 3 is 2.79 bits per heavy atom. The summed E-state index contributed by atoms with van der Waals surface area (Å²) >= 11 is 12.1. The Bertz CT molecular complexity index is 780. The number of anilines is 2. The van der Waals surface area contributed by atoms with Crippen molar-refractivity contribution in [1.82, 2.24) is 0 Å². The fraction of sp³-hybridized carbons (Fsp3) is 0.278. The third kappa shape index (κ3) is 3.17. The van der Waals surface area contributed by atoms with Crippen LogP contribution in [0.3, 0.4) is 0 Å². The Kier molecular flexibility index (Phi) is 4.88. The van der Waals surface area contributed by atoms with E-state index >= 15 is 0 Å². The monoisotopic (exact) mass is 364 g/mol. The van der Waals surface area contributed by atoms with Gasteiger partial charge < -0.3 is 15.4 Å². The molecule has 1 aliphatic heterocycles. The van der Waals surface area contributed by atoms with E-state index in [1.54, 1.807) is 30.0 Å². The highest BCUT2D eigenvalue weighted by atomic mass is 35.5. The van der Waals surface area contributed by atoms with Crippen LogP contribution in [-0.2, 0) is 11.2 Å². The minimum absolute atomic E-state index is 0.127. The average molecular weight is 365 g/mol. The Balaban J connectivity index is 1.82. The molecule has 0 radical (unpaired) electrons. The number of hydrogen-bond donors (Lipinski definition) is 1. The van der Waals surface area contributed by atoms with Crippen molar-refractivity contribution in [1.29, 1.82) is 0 Å². The van der Waals surface area contributed by atoms with Crippen molar-refractivity contribution >= 4 is 40.5 Å². The average Bonchev–Trinajstić information content (AvgIpc) is 2.58. The number of ether oxygens (including phenoxy) is 1. The first-order chi connectivity index (χ1) is 11.5. The zero-order valence-electron chi connectivity index (χ0n) is 13.3. The number of fused-ring (bicyclic) bond motifs is 1. The standard InChI is InChI=1S/C18H18Cl2N2O2/c1-11(24-16-9-2-6-13(19)17(16)20)18(23)22-10-4-5-12-14(21)7-3-8-15(12)22/h2-3,6-9,11H,4-5,10,21H2,1H3. The van der Waals surface area contributed by atoms with E-state index in [0.717, 1.165) is 29.8 Å². The van der Waals surface area contributed by atoms with Gasteiger partial charge in [0, 0.05) is 17.9 Å². The Morgan fingerprint density at radius 2 is 2.00 bits per heavy atom. The van der Waals surface area contributed by atoms with E-state index < -0.39 is 6.10 Å². The van der Waals surface area contributed by atoms with Gasteiger partial charge in [-0.05, 0) is 49.6 Å². The van der Waals surface area contributed by atoms with Gasteiger partial charge in [0.2, 0.25) is 0 Å². The summed E-state index contributed by atoms with van der Waals surface area (Å²) in [5.74, 6) is 0.271. The molecule has 0 fully saturated rings. The van der Waals surface area contributed by atoms with Crippen LogP contribution in [0.2, 0.25) is 10.0 Å². The smallest absolute Gasteiger partial charge is 0.267 e. The lowest BCUT2D eigenvalue weighted by molar-refractivity contribution is -0.124. The molecule has 0 aliphatic carbocycles. The molecule has 0 saturated carbocycles. The summed E-state index contributed by atoms with van der Waals surface area (Å²) in [5.41, 5.74) is 8.64. The van der Waals surface area contributed by atoms with Crippen molar-refractivity contribution in [2.45, 2.75) is 25.9 Å². The molecule has 0 saturated heterocycles. The fourth-order valence-corrected chi connectivity index (χ4v) is 3.25. The van der Waals surface area contributed by atoms with Crippen LogP contribution in [0.25, 0.3) is 0 Å². The maximum absolute atomic E-state index is 12.9. The van der Waals surface area contributed by atoms with E-state index in [2.05, 4.69) is 0 Å². The highest BCUT2D eigenvalue weighted by molar-refractivity contribution is 6.42. The first kappa shape index (κ1) is 16.9. The van der Waals surface area contributed by atoms with Crippen LogP contribution in [0.4, 0.5) is 11.4 Å². The molecule has 3 rings (SSSR count). The maximum Gasteiger partial charge on any atom is 0.267 e. The number of amides is 1. The summed E-state index contributed by atoms with van der Waals surface area (Å²) in [6.07, 6.45) is 1.06. The van der Waals surface area contributed by atoms with Crippen molar-refractivity contribution in [3.63, 3.8) is 0 Å². The third-order valence-corrected chi connectivity index (χ3v) is 4.92. The topological polar surface area (TPSA) is 55.6 Å². The number of nitrogen functional groups attached to an aromatic ring is 1. The molecule has 4 nitrogen and oxygen atoms in total. The zero-order chi connectivity index (χ0) is 17.3. The molecule has 1 aliphatic rings. The summed E-state index contributed by atoms with van der Waals surface area (Å²) < 4.78 is 5.75. The van der Waals surface area contributed by atoms with Crippen molar-refractivity contribution < 1.29 is 9.53 Å². The Hall–Kier alpha value is -1.91. The fourth-order valence-electron chi connectivity index (χ4n) is 2.92. The summed E-state index contributed by atoms with van der Waals surface area (Å²) in [4.78, 5) is 14.6. The summed E-state index contributed by atoms with van der Waals surface area (Å²) in [6, 6.07) is 10.7. The van der Waals surface area contributed by atoms with Crippen LogP contribution in [0.15, 0.2) is 36.4 Å². The predicted octanol–water partition coefficient (Wildman–Crippen LogP) is 4.32. The molecule has 0 aromatic heterocycles. The number of benzene rings is 2. The van der Waals surface area contributed by atoms with Crippen molar-refractivity contribution in [3.05, 3.63) is 52.0 Å². The van der Waals surface area contributed by atoms with Crippen molar-refractivity contribution in [2.75, 3.05) is 17.2 Å². The van der Waals surface area contributed by atoms with E-state index in [1.807, 2.05) is 18.2 Å². The second-order valence-electron chi connectivity index (χ2n) is 5.75. The van der Waals surface area contributed by atoms with Gasteiger partial charge >= 0.3 is 0 Å². The largest absolute Gasteiger partial charge is 0.479 e. The molecule has 0 spiro atoms. The van der Waals surface area contributed by atoms with E-state index in [0.29, 0.717) is 22.3 Å². The highest BCUT2D eigenvalue weighted by Gasteiger charge is 2.28. The number of nitrogens with two attached hydrogens (primary N) is 1. The number of carbonyl (C=O) groups is 1. The summed E-state index contributed by atoms with van der Waals surface area (Å²) in [6.45, 7) is 2.35. The predicted molar refractivity (Wildman–Crippen MR) is 98.1 cm³/mol. The molecule has 2 aromatic carbocycles. The van der Waals surface area contributed by atoms with Crippen molar-refractivity contribution in [2.24, 2.45) is 0 Å². The number of rotatable bonds is 3. The van der Waals surface area contributed by atoms with E-state index in [1.165, 1.54) is 0 Å². The molecule has 2 aromatic rings. The SMILES string of the molecule is CC(Oc1cccc(Cl)c1Cl)C(=O)N1CCCc2c(N)cccc21. The minimum atomic E-state index is -0.687. The number of carbonyl (C=O) groups excluding carboxylic acids is 1. The molecule has 1 atom stereocenters. The van der Waals surface area contributed by atoms with Crippen LogP contribution in [-0.4, -0.2) is 18.6 Å². The molecular formula is C18H18Cl2N2O2. The lowest BCUT2D eigenvalue weighted by Crippen LogP contribution is -2.43. The van der Waals surface area contributed by atoms with Gasteiger partial charge in [-0.2, -0.15) is 0 Å². The summed E-state index contributed by atoms with van der Waals surface area (Å²) in [5, 5.41) is 0.701. The van der Waals surface area contributed by atoms with Crippen LogP contribution in [0.1, 0.15) is 18.9 Å². The second-order valence-corrected chi connectivity index (χ2v) is 6.54. The van der Waals surface area contributed by atoms with Gasteiger partial charge in [0.15, 0.2) is 6.10 Å². The van der Waals surface area contributed by atoms with Crippen LogP contribution in [0.5, 0.6) is 5.75 Å². The minimum Gasteiger partial charge on any atom is -0.479 e. The van der Waals surface area contributed by atoms with E-state index in [4.69, 9.17) is 33.7 Å². The number of nitrogens with zero attached hydrogens (tertiary/aromatic N) is 1. The molecule has 126 valence electrons. The molecule has 1 amide bonds. The second kappa shape index (κ2) is 6.91. The first-order valence-electron chi connectivity index (χ1n) is 7.78. The van der Waals surface area contributed by atoms with Gasteiger partial charge in [0.1, 0.15) is 10.8 Å². The maximum atomic E-state index is 12.9. The molecule has 24 heavy (non-hydrogen) atoms. The van der Waals surface area contributed by atoms with Gasteiger partial charge in [-0.25, -0.2) is 0 Å². The zero-order valence-corrected chi connectivity index (χ0v) is 14.8.